The minimum Gasteiger partial charge on any atom is -0.250 e. The third kappa shape index (κ3) is 0.958. The van der Waals surface area contributed by atoms with Crippen molar-refractivity contribution in [3.8, 4) is 0 Å². The summed E-state index contributed by atoms with van der Waals surface area (Å²) in [5, 5.41) is 4.19. The van der Waals surface area contributed by atoms with Crippen molar-refractivity contribution in [1.82, 2.24) is 19.7 Å². The van der Waals surface area contributed by atoms with Crippen LogP contribution in [0.1, 0.15) is 19.9 Å². The zero-order valence-electron chi connectivity index (χ0n) is 7.10. The first kappa shape index (κ1) is 7.21. The smallest absolute Gasteiger partial charge is 0.177 e. The highest BCUT2D eigenvalue weighted by molar-refractivity contribution is 5.68. The van der Waals surface area contributed by atoms with Crippen LogP contribution in [0.15, 0.2) is 18.6 Å². The zero-order chi connectivity index (χ0) is 8.55. The molecule has 0 spiro atoms. The molecule has 0 fully saturated rings. The normalized spacial score (nSPS) is 11.2. The Hall–Kier alpha value is -1.45. The lowest BCUT2D eigenvalue weighted by atomic mass is 10.4. The molecule has 0 radical (unpaired) electrons. The highest BCUT2D eigenvalue weighted by atomic mass is 15.3. The predicted molar refractivity (Wildman–Crippen MR) is 45.7 cm³/mol. The van der Waals surface area contributed by atoms with Gasteiger partial charge in [-0.3, -0.25) is 0 Å². The SMILES string of the molecule is CC(C)n1ncc2nccnc21. The van der Waals surface area contributed by atoms with E-state index >= 15 is 0 Å². The van der Waals surface area contributed by atoms with Gasteiger partial charge in [-0.15, -0.1) is 0 Å². The van der Waals surface area contributed by atoms with Crippen molar-refractivity contribution in [1.29, 1.82) is 0 Å². The van der Waals surface area contributed by atoms with Gasteiger partial charge in [-0.2, -0.15) is 5.10 Å². The van der Waals surface area contributed by atoms with E-state index in [1.54, 1.807) is 18.6 Å². The molecule has 0 atom stereocenters. The van der Waals surface area contributed by atoms with Crippen molar-refractivity contribution >= 4 is 11.2 Å². The first-order valence-electron chi connectivity index (χ1n) is 3.93. The van der Waals surface area contributed by atoms with Gasteiger partial charge < -0.3 is 0 Å². The molecule has 0 bridgehead atoms. The van der Waals surface area contributed by atoms with Crippen LogP contribution in [0, 0.1) is 0 Å². The highest BCUT2D eigenvalue weighted by Crippen LogP contribution is 2.11. The molecule has 4 heteroatoms. The van der Waals surface area contributed by atoms with E-state index in [1.807, 2.05) is 4.68 Å². The number of rotatable bonds is 1. The Balaban J connectivity index is 2.70. The van der Waals surface area contributed by atoms with Gasteiger partial charge in [0.2, 0.25) is 0 Å². The van der Waals surface area contributed by atoms with Gasteiger partial charge >= 0.3 is 0 Å². The van der Waals surface area contributed by atoms with Crippen molar-refractivity contribution in [3.05, 3.63) is 18.6 Å². The summed E-state index contributed by atoms with van der Waals surface area (Å²) in [6.45, 7) is 4.14. The van der Waals surface area contributed by atoms with E-state index in [9.17, 15) is 0 Å². The van der Waals surface area contributed by atoms with Gasteiger partial charge in [-0.25, -0.2) is 14.6 Å². The summed E-state index contributed by atoms with van der Waals surface area (Å²) >= 11 is 0. The van der Waals surface area contributed by atoms with Gasteiger partial charge in [-0.05, 0) is 13.8 Å². The van der Waals surface area contributed by atoms with E-state index in [0.29, 0.717) is 6.04 Å². The summed E-state index contributed by atoms with van der Waals surface area (Å²) in [6.07, 6.45) is 5.10. The summed E-state index contributed by atoms with van der Waals surface area (Å²) in [6, 6.07) is 0.333. The molecule has 0 saturated carbocycles. The fourth-order valence-corrected chi connectivity index (χ4v) is 1.16. The molecule has 2 aromatic heterocycles. The second-order valence-electron chi connectivity index (χ2n) is 2.95. The number of hydrogen-bond acceptors (Lipinski definition) is 3. The average molecular weight is 162 g/mol. The maximum Gasteiger partial charge on any atom is 0.177 e. The monoisotopic (exact) mass is 162 g/mol. The Morgan fingerprint density at radius 1 is 1.25 bits per heavy atom. The van der Waals surface area contributed by atoms with Gasteiger partial charge in [0, 0.05) is 18.4 Å². The molecule has 0 aliphatic rings. The molecule has 0 saturated heterocycles. The summed E-state index contributed by atoms with van der Waals surface area (Å²) < 4.78 is 1.86. The Labute approximate surface area is 70.3 Å². The molecule has 0 unspecified atom stereocenters. The molecule has 12 heavy (non-hydrogen) atoms. The summed E-state index contributed by atoms with van der Waals surface area (Å²) in [4.78, 5) is 8.34. The predicted octanol–water partition coefficient (Wildman–Crippen LogP) is 1.41. The van der Waals surface area contributed by atoms with Crippen LogP contribution in [-0.4, -0.2) is 19.7 Å². The van der Waals surface area contributed by atoms with Gasteiger partial charge in [0.1, 0.15) is 5.52 Å². The van der Waals surface area contributed by atoms with Crippen molar-refractivity contribution in [2.24, 2.45) is 0 Å². The maximum absolute atomic E-state index is 4.20. The first-order chi connectivity index (χ1) is 5.79. The minimum atomic E-state index is 0.333. The van der Waals surface area contributed by atoms with Gasteiger partial charge in [0.15, 0.2) is 5.65 Å². The van der Waals surface area contributed by atoms with Crippen LogP contribution in [0.4, 0.5) is 0 Å². The molecule has 4 nitrogen and oxygen atoms in total. The van der Waals surface area contributed by atoms with Crippen LogP contribution >= 0.6 is 0 Å². The minimum absolute atomic E-state index is 0.333. The van der Waals surface area contributed by atoms with Gasteiger partial charge in [0.05, 0.1) is 6.20 Å². The zero-order valence-corrected chi connectivity index (χ0v) is 7.10. The molecule has 2 aromatic rings. The van der Waals surface area contributed by atoms with E-state index in [4.69, 9.17) is 0 Å². The van der Waals surface area contributed by atoms with Crippen LogP contribution in [-0.2, 0) is 0 Å². The second kappa shape index (κ2) is 2.55. The quantitative estimate of drug-likeness (QED) is 0.636. The van der Waals surface area contributed by atoms with E-state index in [1.165, 1.54) is 0 Å². The maximum atomic E-state index is 4.20. The van der Waals surface area contributed by atoms with Crippen molar-refractivity contribution < 1.29 is 0 Å². The summed E-state index contributed by atoms with van der Waals surface area (Å²) in [7, 11) is 0. The van der Waals surface area contributed by atoms with Crippen LogP contribution in [0.5, 0.6) is 0 Å². The third-order valence-corrected chi connectivity index (χ3v) is 1.72. The standard InChI is InChI=1S/C8H10N4/c1-6(2)12-8-7(5-11-12)9-3-4-10-8/h3-6H,1-2H3. The molecule has 0 aromatic carbocycles. The van der Waals surface area contributed by atoms with Crippen molar-refractivity contribution in [3.63, 3.8) is 0 Å². The molecule has 2 heterocycles. The van der Waals surface area contributed by atoms with Crippen LogP contribution in [0.2, 0.25) is 0 Å². The lowest BCUT2D eigenvalue weighted by Crippen LogP contribution is -2.03. The van der Waals surface area contributed by atoms with Crippen molar-refractivity contribution in [2.45, 2.75) is 19.9 Å². The summed E-state index contributed by atoms with van der Waals surface area (Å²) in [5.74, 6) is 0. The number of aromatic nitrogens is 4. The Morgan fingerprint density at radius 3 is 2.75 bits per heavy atom. The van der Waals surface area contributed by atoms with Crippen LogP contribution < -0.4 is 0 Å². The summed E-state index contributed by atoms with van der Waals surface area (Å²) in [5.41, 5.74) is 1.71. The molecule has 2 rings (SSSR count). The van der Waals surface area contributed by atoms with Gasteiger partial charge in [-0.1, -0.05) is 0 Å². The largest absolute Gasteiger partial charge is 0.250 e. The number of nitrogens with zero attached hydrogens (tertiary/aromatic N) is 4. The molecule has 0 N–H and O–H groups in total. The Morgan fingerprint density at radius 2 is 2.00 bits per heavy atom. The van der Waals surface area contributed by atoms with Crippen LogP contribution in [0.3, 0.4) is 0 Å². The van der Waals surface area contributed by atoms with Crippen LogP contribution in [0.25, 0.3) is 11.2 Å². The highest BCUT2D eigenvalue weighted by Gasteiger charge is 2.05. The van der Waals surface area contributed by atoms with Gasteiger partial charge in [0.25, 0.3) is 0 Å². The number of hydrogen-bond donors (Lipinski definition) is 0. The van der Waals surface area contributed by atoms with E-state index in [0.717, 1.165) is 11.2 Å². The Kier molecular flexibility index (Phi) is 1.53. The van der Waals surface area contributed by atoms with E-state index in [-0.39, 0.29) is 0 Å². The number of fused-ring (bicyclic) bond motifs is 1. The fourth-order valence-electron chi connectivity index (χ4n) is 1.16. The lowest BCUT2D eigenvalue weighted by molar-refractivity contribution is 0.546. The molecule has 0 aliphatic heterocycles. The Bertz CT molecular complexity index is 391. The molecular formula is C8H10N4. The first-order valence-corrected chi connectivity index (χ1v) is 3.93. The lowest BCUT2D eigenvalue weighted by Gasteiger charge is -2.04. The fraction of sp³-hybridized carbons (Fsp3) is 0.375. The molecule has 0 amide bonds. The van der Waals surface area contributed by atoms with E-state index < -0.39 is 0 Å². The second-order valence-corrected chi connectivity index (χ2v) is 2.95. The average Bonchev–Trinajstić information content (AvgIpc) is 2.47. The topological polar surface area (TPSA) is 43.6 Å². The third-order valence-electron chi connectivity index (χ3n) is 1.72. The van der Waals surface area contributed by atoms with E-state index in [2.05, 4.69) is 28.9 Å². The molecule has 62 valence electrons. The molecule has 0 aliphatic carbocycles. The van der Waals surface area contributed by atoms with Crippen molar-refractivity contribution in [2.75, 3.05) is 0 Å². The molecular weight excluding hydrogens is 152 g/mol.